The second-order valence-electron chi connectivity index (χ2n) is 6.66. The molecule has 1 amide bonds. The van der Waals surface area contributed by atoms with Gasteiger partial charge in [-0.1, -0.05) is 36.3 Å². The third-order valence-electron chi connectivity index (χ3n) is 3.87. The number of aromatic nitrogens is 2. The van der Waals surface area contributed by atoms with Gasteiger partial charge in [-0.2, -0.15) is 4.98 Å². The molecule has 6 heteroatoms. The fourth-order valence-corrected chi connectivity index (χ4v) is 2.42. The van der Waals surface area contributed by atoms with Crippen LogP contribution in [-0.2, 0) is 35.5 Å². The first-order chi connectivity index (χ1) is 12.6. The summed E-state index contributed by atoms with van der Waals surface area (Å²) in [5.41, 5.74) is 2.21. The molecule has 0 spiro atoms. The standard InChI is InChI=1S/C20H29N3O3/c1-4-6-18-22-20(26-23-18)8-5-7-19(24)21-13-16-9-11-17(12-10-16)14-25-15(2)3/h9-12,15H,4-8,13-14H2,1-3H3,(H,21,24). The molecule has 0 saturated carbocycles. The van der Waals surface area contributed by atoms with Crippen molar-refractivity contribution in [2.45, 2.75) is 72.1 Å². The molecule has 1 heterocycles. The summed E-state index contributed by atoms with van der Waals surface area (Å²) in [6, 6.07) is 8.11. The maximum atomic E-state index is 12.0. The molecule has 2 rings (SSSR count). The van der Waals surface area contributed by atoms with Gasteiger partial charge in [0.15, 0.2) is 5.82 Å². The lowest BCUT2D eigenvalue weighted by Crippen LogP contribution is -2.22. The molecule has 0 unspecified atom stereocenters. The lowest BCUT2D eigenvalue weighted by atomic mass is 10.1. The second kappa shape index (κ2) is 10.7. The van der Waals surface area contributed by atoms with E-state index in [1.54, 1.807) is 0 Å². The first kappa shape index (κ1) is 20.1. The Morgan fingerprint density at radius 3 is 2.62 bits per heavy atom. The third-order valence-corrected chi connectivity index (χ3v) is 3.87. The van der Waals surface area contributed by atoms with Crippen LogP contribution in [0.1, 0.15) is 62.9 Å². The molecule has 0 aliphatic carbocycles. The largest absolute Gasteiger partial charge is 0.374 e. The minimum Gasteiger partial charge on any atom is -0.374 e. The highest BCUT2D eigenvalue weighted by Gasteiger charge is 2.07. The first-order valence-corrected chi connectivity index (χ1v) is 9.34. The summed E-state index contributed by atoms with van der Waals surface area (Å²) in [5, 5.41) is 6.86. The van der Waals surface area contributed by atoms with Crippen LogP contribution in [0.3, 0.4) is 0 Å². The molecule has 2 aromatic rings. The van der Waals surface area contributed by atoms with Crippen molar-refractivity contribution in [3.8, 4) is 0 Å². The van der Waals surface area contributed by atoms with Gasteiger partial charge in [-0.05, 0) is 37.8 Å². The molecule has 26 heavy (non-hydrogen) atoms. The van der Waals surface area contributed by atoms with Gasteiger partial charge in [0.05, 0.1) is 12.7 Å². The van der Waals surface area contributed by atoms with Gasteiger partial charge in [-0.3, -0.25) is 4.79 Å². The first-order valence-electron chi connectivity index (χ1n) is 9.34. The summed E-state index contributed by atoms with van der Waals surface area (Å²) in [5.74, 6) is 1.39. The van der Waals surface area contributed by atoms with Crippen LogP contribution in [0, 0.1) is 0 Å². The molecule has 0 aliphatic rings. The Bertz CT molecular complexity index is 665. The molecule has 0 bridgehead atoms. The number of nitrogens with one attached hydrogen (secondary N) is 1. The Hall–Kier alpha value is -2.21. The Morgan fingerprint density at radius 2 is 1.92 bits per heavy atom. The summed E-state index contributed by atoms with van der Waals surface area (Å²) in [7, 11) is 0. The fraction of sp³-hybridized carbons (Fsp3) is 0.550. The summed E-state index contributed by atoms with van der Waals surface area (Å²) >= 11 is 0. The van der Waals surface area contributed by atoms with Gasteiger partial charge in [-0.25, -0.2) is 0 Å². The van der Waals surface area contributed by atoms with E-state index in [-0.39, 0.29) is 12.0 Å². The maximum absolute atomic E-state index is 12.0. The summed E-state index contributed by atoms with van der Waals surface area (Å²) < 4.78 is 10.7. The van der Waals surface area contributed by atoms with Crippen molar-refractivity contribution in [3.63, 3.8) is 0 Å². The summed E-state index contributed by atoms with van der Waals surface area (Å²) in [6.07, 6.45) is 3.82. The summed E-state index contributed by atoms with van der Waals surface area (Å²) in [4.78, 5) is 16.3. The van der Waals surface area contributed by atoms with Crippen LogP contribution >= 0.6 is 0 Å². The molecule has 0 fully saturated rings. The molecular formula is C20H29N3O3. The van der Waals surface area contributed by atoms with E-state index in [0.29, 0.717) is 38.3 Å². The minimum atomic E-state index is 0.0329. The predicted octanol–water partition coefficient (Wildman–Crippen LogP) is 3.59. The number of rotatable bonds is 11. The van der Waals surface area contributed by atoms with E-state index in [1.165, 1.54) is 0 Å². The van der Waals surface area contributed by atoms with Crippen molar-refractivity contribution in [3.05, 3.63) is 47.1 Å². The van der Waals surface area contributed by atoms with Crippen molar-refractivity contribution in [2.24, 2.45) is 0 Å². The number of hydrogen-bond acceptors (Lipinski definition) is 5. The third kappa shape index (κ3) is 7.35. The number of carbonyl (C=O) groups excluding carboxylic acids is 1. The molecule has 0 saturated heterocycles. The van der Waals surface area contributed by atoms with Gasteiger partial charge in [-0.15, -0.1) is 0 Å². The number of aryl methyl sites for hydroxylation is 2. The van der Waals surface area contributed by atoms with Crippen LogP contribution in [0.25, 0.3) is 0 Å². The molecule has 0 atom stereocenters. The van der Waals surface area contributed by atoms with Gasteiger partial charge >= 0.3 is 0 Å². The van der Waals surface area contributed by atoms with Crippen molar-refractivity contribution in [2.75, 3.05) is 0 Å². The van der Waals surface area contributed by atoms with Gasteiger partial charge in [0.2, 0.25) is 11.8 Å². The van der Waals surface area contributed by atoms with Crippen LogP contribution in [0.15, 0.2) is 28.8 Å². The predicted molar refractivity (Wildman–Crippen MR) is 99.4 cm³/mol. The zero-order chi connectivity index (χ0) is 18.8. The minimum absolute atomic E-state index is 0.0329. The van der Waals surface area contributed by atoms with Gasteiger partial charge < -0.3 is 14.6 Å². The number of carbonyl (C=O) groups is 1. The smallest absolute Gasteiger partial charge is 0.226 e. The number of amides is 1. The van der Waals surface area contributed by atoms with E-state index >= 15 is 0 Å². The zero-order valence-corrected chi connectivity index (χ0v) is 16.0. The SMILES string of the molecule is CCCc1noc(CCCC(=O)NCc2ccc(COC(C)C)cc2)n1. The van der Waals surface area contributed by atoms with E-state index < -0.39 is 0 Å². The molecular weight excluding hydrogens is 330 g/mol. The van der Waals surface area contributed by atoms with Crippen molar-refractivity contribution in [1.82, 2.24) is 15.5 Å². The highest BCUT2D eigenvalue weighted by Crippen LogP contribution is 2.08. The van der Waals surface area contributed by atoms with E-state index in [0.717, 1.165) is 29.8 Å². The highest BCUT2D eigenvalue weighted by molar-refractivity contribution is 5.75. The van der Waals surface area contributed by atoms with Crippen molar-refractivity contribution < 1.29 is 14.1 Å². The van der Waals surface area contributed by atoms with Crippen LogP contribution in [0.5, 0.6) is 0 Å². The summed E-state index contributed by atoms with van der Waals surface area (Å²) in [6.45, 7) is 7.26. The van der Waals surface area contributed by atoms with Crippen molar-refractivity contribution in [1.29, 1.82) is 0 Å². The number of hydrogen-bond donors (Lipinski definition) is 1. The fourth-order valence-electron chi connectivity index (χ4n) is 2.42. The zero-order valence-electron chi connectivity index (χ0n) is 16.0. The molecule has 6 nitrogen and oxygen atoms in total. The monoisotopic (exact) mass is 359 g/mol. The van der Waals surface area contributed by atoms with Crippen LogP contribution in [-0.4, -0.2) is 22.2 Å². The Morgan fingerprint density at radius 1 is 1.19 bits per heavy atom. The van der Waals surface area contributed by atoms with Crippen LogP contribution in [0.2, 0.25) is 0 Å². The van der Waals surface area contributed by atoms with Crippen LogP contribution in [0.4, 0.5) is 0 Å². The van der Waals surface area contributed by atoms with E-state index in [4.69, 9.17) is 9.26 Å². The van der Waals surface area contributed by atoms with Crippen molar-refractivity contribution >= 4 is 5.91 Å². The average molecular weight is 359 g/mol. The Balaban J connectivity index is 1.64. The van der Waals surface area contributed by atoms with Gasteiger partial charge in [0, 0.05) is 25.8 Å². The van der Waals surface area contributed by atoms with Gasteiger partial charge in [0.1, 0.15) is 0 Å². The number of nitrogens with zero attached hydrogens (tertiary/aromatic N) is 2. The topological polar surface area (TPSA) is 77.2 Å². The molecule has 1 aromatic carbocycles. The van der Waals surface area contributed by atoms with Crippen LogP contribution < -0.4 is 5.32 Å². The van der Waals surface area contributed by atoms with E-state index in [2.05, 4.69) is 22.4 Å². The molecule has 1 N–H and O–H groups in total. The average Bonchev–Trinajstić information content (AvgIpc) is 3.07. The number of benzene rings is 1. The Kier molecular flexibility index (Phi) is 8.28. The highest BCUT2D eigenvalue weighted by atomic mass is 16.5. The van der Waals surface area contributed by atoms with Gasteiger partial charge in [0.25, 0.3) is 0 Å². The second-order valence-corrected chi connectivity index (χ2v) is 6.66. The normalized spacial score (nSPS) is 11.1. The van der Waals surface area contributed by atoms with E-state index in [1.807, 2.05) is 38.1 Å². The van der Waals surface area contributed by atoms with E-state index in [9.17, 15) is 4.79 Å². The molecule has 0 radical (unpaired) electrons. The lowest BCUT2D eigenvalue weighted by molar-refractivity contribution is -0.121. The number of ether oxygens (including phenoxy) is 1. The lowest BCUT2D eigenvalue weighted by Gasteiger charge is -2.09. The molecule has 0 aliphatic heterocycles. The Labute approximate surface area is 155 Å². The molecule has 142 valence electrons. The molecule has 1 aromatic heterocycles. The quantitative estimate of drug-likeness (QED) is 0.663. The maximum Gasteiger partial charge on any atom is 0.226 e.